The minimum Gasteiger partial charge on any atom is -0.466 e. The van der Waals surface area contributed by atoms with E-state index < -0.39 is 0 Å². The van der Waals surface area contributed by atoms with Gasteiger partial charge in [0.25, 0.3) is 5.19 Å². The number of fused-ring (bicyclic) bond motifs is 2. The van der Waals surface area contributed by atoms with Gasteiger partial charge in [0.15, 0.2) is 0 Å². The van der Waals surface area contributed by atoms with Gasteiger partial charge in [-0.25, -0.2) is 4.98 Å². The van der Waals surface area contributed by atoms with Gasteiger partial charge in [0.1, 0.15) is 11.3 Å². The van der Waals surface area contributed by atoms with Crippen LogP contribution >= 0.6 is 11.3 Å². The van der Waals surface area contributed by atoms with E-state index in [1.54, 1.807) is 0 Å². The van der Waals surface area contributed by atoms with Crippen molar-refractivity contribution in [3.63, 3.8) is 0 Å². The number of hydrogen-bond donors (Lipinski definition) is 0. The SMILES string of the molecule is CCOC(=O)C1CCN(CCc2coc3cc(Oc4nc5ccccc5s4)ccc23)CC1. The third-order valence-electron chi connectivity index (χ3n) is 6.01. The summed E-state index contributed by atoms with van der Waals surface area (Å²) in [6.45, 7) is 5.13. The molecule has 2 aromatic carbocycles. The number of furan rings is 1. The second-order valence-electron chi connectivity index (χ2n) is 8.09. The van der Waals surface area contributed by atoms with Crippen molar-refractivity contribution in [2.45, 2.75) is 26.2 Å². The Morgan fingerprint density at radius 3 is 2.88 bits per heavy atom. The Morgan fingerprint density at radius 1 is 1.22 bits per heavy atom. The van der Waals surface area contributed by atoms with Gasteiger partial charge >= 0.3 is 5.97 Å². The van der Waals surface area contributed by atoms with E-state index >= 15 is 0 Å². The largest absolute Gasteiger partial charge is 0.466 e. The molecule has 166 valence electrons. The topological polar surface area (TPSA) is 64.8 Å². The summed E-state index contributed by atoms with van der Waals surface area (Å²) in [6.07, 6.45) is 4.50. The van der Waals surface area contributed by atoms with Gasteiger partial charge in [-0.2, -0.15) is 0 Å². The smallest absolute Gasteiger partial charge is 0.309 e. The monoisotopic (exact) mass is 450 g/mol. The molecule has 0 spiro atoms. The van der Waals surface area contributed by atoms with Crippen molar-refractivity contribution in [3.8, 4) is 10.9 Å². The summed E-state index contributed by atoms with van der Waals surface area (Å²) in [4.78, 5) is 18.9. The van der Waals surface area contributed by atoms with Crippen molar-refractivity contribution in [3.05, 3.63) is 54.3 Å². The van der Waals surface area contributed by atoms with Gasteiger partial charge in [0, 0.05) is 18.0 Å². The van der Waals surface area contributed by atoms with E-state index in [1.165, 1.54) is 16.9 Å². The fourth-order valence-electron chi connectivity index (χ4n) is 4.25. The molecule has 4 aromatic rings. The van der Waals surface area contributed by atoms with Crippen molar-refractivity contribution in [2.24, 2.45) is 5.92 Å². The summed E-state index contributed by atoms with van der Waals surface area (Å²) in [5.74, 6) is 0.727. The van der Waals surface area contributed by atoms with Crippen LogP contribution in [0.2, 0.25) is 0 Å². The summed E-state index contributed by atoms with van der Waals surface area (Å²) in [7, 11) is 0. The highest BCUT2D eigenvalue weighted by Crippen LogP contribution is 2.33. The molecule has 0 saturated carbocycles. The van der Waals surface area contributed by atoms with E-state index in [-0.39, 0.29) is 11.9 Å². The standard InChI is InChI=1S/C25H26N2O4S/c1-2-29-24(28)17-9-12-27(13-10-17)14-11-18-16-30-22-15-19(7-8-20(18)22)31-25-26-21-5-3-4-6-23(21)32-25/h3-8,15-17H,2,9-14H2,1H3. The van der Waals surface area contributed by atoms with E-state index in [0.717, 1.165) is 65.8 Å². The maximum atomic E-state index is 11.9. The first-order chi connectivity index (χ1) is 15.7. The molecule has 0 bridgehead atoms. The fraction of sp³-hybridized carbons (Fsp3) is 0.360. The van der Waals surface area contributed by atoms with E-state index in [9.17, 15) is 4.79 Å². The molecular formula is C25H26N2O4S. The van der Waals surface area contributed by atoms with Gasteiger partial charge in [-0.05, 0) is 69.1 Å². The summed E-state index contributed by atoms with van der Waals surface area (Å²) in [5, 5.41) is 1.74. The molecule has 6 nitrogen and oxygen atoms in total. The molecule has 3 heterocycles. The number of likely N-dealkylation sites (tertiary alicyclic amines) is 1. The van der Waals surface area contributed by atoms with Crippen LogP contribution in [0.5, 0.6) is 10.9 Å². The molecule has 32 heavy (non-hydrogen) atoms. The molecule has 1 fully saturated rings. The maximum absolute atomic E-state index is 11.9. The number of rotatable bonds is 7. The van der Waals surface area contributed by atoms with Gasteiger partial charge in [-0.15, -0.1) is 0 Å². The summed E-state index contributed by atoms with van der Waals surface area (Å²) >= 11 is 1.53. The summed E-state index contributed by atoms with van der Waals surface area (Å²) < 4.78 is 18.1. The number of ether oxygens (including phenoxy) is 2. The number of hydrogen-bond acceptors (Lipinski definition) is 7. The Labute approximate surface area is 190 Å². The van der Waals surface area contributed by atoms with Crippen LogP contribution in [0.25, 0.3) is 21.2 Å². The first-order valence-corrected chi connectivity index (χ1v) is 11.9. The van der Waals surface area contributed by atoms with Gasteiger partial charge in [0.2, 0.25) is 0 Å². The molecular weight excluding hydrogens is 424 g/mol. The molecule has 0 radical (unpaired) electrons. The second-order valence-corrected chi connectivity index (χ2v) is 9.08. The lowest BCUT2D eigenvalue weighted by Gasteiger charge is -2.30. The minimum atomic E-state index is -0.0446. The van der Waals surface area contributed by atoms with Gasteiger partial charge in [-0.1, -0.05) is 23.5 Å². The van der Waals surface area contributed by atoms with Gasteiger partial charge in [-0.3, -0.25) is 4.79 Å². The number of aromatic nitrogens is 1. The highest BCUT2D eigenvalue weighted by atomic mass is 32.1. The van der Waals surface area contributed by atoms with Crippen LogP contribution < -0.4 is 4.74 Å². The van der Waals surface area contributed by atoms with Crippen LogP contribution in [-0.2, 0) is 16.0 Å². The first kappa shape index (κ1) is 21.0. The van der Waals surface area contributed by atoms with Crippen LogP contribution in [0.3, 0.4) is 0 Å². The van der Waals surface area contributed by atoms with Gasteiger partial charge in [0.05, 0.1) is 29.0 Å². The number of carbonyl (C=O) groups excluding carboxylic acids is 1. The third kappa shape index (κ3) is 4.49. The number of benzene rings is 2. The van der Waals surface area contributed by atoms with Crippen molar-refractivity contribution in [2.75, 3.05) is 26.2 Å². The molecule has 5 rings (SSSR count). The van der Waals surface area contributed by atoms with Crippen LogP contribution in [0.4, 0.5) is 0 Å². The molecule has 7 heteroatoms. The van der Waals surface area contributed by atoms with E-state index in [4.69, 9.17) is 13.9 Å². The molecule has 0 aliphatic carbocycles. The zero-order chi connectivity index (χ0) is 21.9. The van der Waals surface area contributed by atoms with E-state index in [0.29, 0.717) is 11.8 Å². The van der Waals surface area contributed by atoms with Crippen molar-refractivity contribution in [1.29, 1.82) is 0 Å². The Hall–Kier alpha value is -2.90. The zero-order valence-corrected chi connectivity index (χ0v) is 18.9. The molecule has 0 unspecified atom stereocenters. The quantitative estimate of drug-likeness (QED) is 0.339. The molecule has 0 N–H and O–H groups in total. The molecule has 1 saturated heterocycles. The summed E-state index contributed by atoms with van der Waals surface area (Å²) in [5.41, 5.74) is 2.96. The van der Waals surface area contributed by atoms with Crippen molar-refractivity contribution < 1.29 is 18.7 Å². The fourth-order valence-corrected chi connectivity index (χ4v) is 5.08. The number of nitrogens with zero attached hydrogens (tertiary/aromatic N) is 2. The number of piperidine rings is 1. The predicted octanol–water partition coefficient (Wildman–Crippen LogP) is 5.65. The Kier molecular flexibility index (Phi) is 6.10. The van der Waals surface area contributed by atoms with E-state index in [1.807, 2.05) is 49.6 Å². The number of para-hydroxylation sites is 1. The summed E-state index contributed by atoms with van der Waals surface area (Å²) in [6, 6.07) is 14.0. The highest BCUT2D eigenvalue weighted by molar-refractivity contribution is 7.20. The van der Waals surface area contributed by atoms with Crippen LogP contribution in [0, 0.1) is 5.92 Å². The highest BCUT2D eigenvalue weighted by Gasteiger charge is 2.25. The average molecular weight is 451 g/mol. The average Bonchev–Trinajstić information content (AvgIpc) is 3.41. The van der Waals surface area contributed by atoms with E-state index in [2.05, 4.69) is 16.0 Å². The number of esters is 1. The number of carbonyl (C=O) groups is 1. The molecule has 2 aromatic heterocycles. The predicted molar refractivity (Wildman–Crippen MR) is 125 cm³/mol. The van der Waals surface area contributed by atoms with Crippen molar-refractivity contribution in [1.82, 2.24) is 9.88 Å². The lowest BCUT2D eigenvalue weighted by Crippen LogP contribution is -2.38. The Morgan fingerprint density at radius 2 is 2.06 bits per heavy atom. The Bertz CT molecular complexity index is 1190. The normalized spacial score (nSPS) is 15.4. The minimum absolute atomic E-state index is 0.0446. The van der Waals surface area contributed by atoms with Gasteiger partial charge < -0.3 is 18.8 Å². The first-order valence-electron chi connectivity index (χ1n) is 11.1. The third-order valence-corrected chi connectivity index (χ3v) is 6.93. The molecule has 0 amide bonds. The number of thiazole rings is 1. The van der Waals surface area contributed by atoms with Crippen LogP contribution in [0.15, 0.2) is 53.1 Å². The molecule has 0 atom stereocenters. The maximum Gasteiger partial charge on any atom is 0.309 e. The zero-order valence-electron chi connectivity index (χ0n) is 18.1. The van der Waals surface area contributed by atoms with Crippen molar-refractivity contribution >= 4 is 38.5 Å². The van der Waals surface area contributed by atoms with Crippen LogP contribution in [-0.4, -0.2) is 42.1 Å². The molecule has 1 aliphatic rings. The lowest BCUT2D eigenvalue weighted by atomic mass is 9.96. The van der Waals surface area contributed by atoms with Crippen LogP contribution in [0.1, 0.15) is 25.3 Å². The Balaban J connectivity index is 1.19. The second kappa shape index (κ2) is 9.30. The molecule has 1 aliphatic heterocycles. The lowest BCUT2D eigenvalue weighted by molar-refractivity contribution is -0.149.